The van der Waals surface area contributed by atoms with E-state index in [4.69, 9.17) is 4.74 Å². The molecule has 0 aliphatic carbocycles. The van der Waals surface area contributed by atoms with Crippen LogP contribution >= 0.6 is 31.9 Å². The Kier molecular flexibility index (Phi) is 6.01. The minimum Gasteiger partial charge on any atom is -0.381 e. The zero-order chi connectivity index (χ0) is 12.0. The van der Waals surface area contributed by atoms with Crippen LogP contribution in [-0.4, -0.2) is 23.9 Å². The smallest absolute Gasteiger partial charge is 0.0578 e. The van der Waals surface area contributed by atoms with Crippen molar-refractivity contribution in [1.82, 2.24) is 0 Å². The molecular weight excluding hydrogens is 332 g/mol. The molecule has 1 aromatic carbocycles. The third kappa shape index (κ3) is 3.31. The number of aryl methyl sites for hydroxylation is 1. The molecule has 0 fully saturated rings. The van der Waals surface area contributed by atoms with Gasteiger partial charge in [0.25, 0.3) is 0 Å². The first-order valence-electron chi connectivity index (χ1n) is 5.45. The van der Waals surface area contributed by atoms with E-state index in [1.54, 1.807) is 0 Å². The molecule has 0 saturated heterocycles. The molecule has 0 saturated carbocycles. The summed E-state index contributed by atoms with van der Waals surface area (Å²) >= 11 is 7.23. The summed E-state index contributed by atoms with van der Waals surface area (Å²) in [6.07, 6.45) is 0. The van der Waals surface area contributed by atoms with Crippen molar-refractivity contribution in [2.24, 2.45) is 0 Å². The van der Waals surface area contributed by atoms with Gasteiger partial charge in [0, 0.05) is 22.7 Å². The van der Waals surface area contributed by atoms with Gasteiger partial charge in [0.2, 0.25) is 0 Å². The first kappa shape index (κ1) is 14.2. The summed E-state index contributed by atoms with van der Waals surface area (Å²) in [5.41, 5.74) is 2.65. The average molecular weight is 350 g/mol. The number of ether oxygens (including phenoxy) is 1. The lowest BCUT2D eigenvalue weighted by Gasteiger charge is -2.30. The second-order valence-corrected chi connectivity index (χ2v) is 5.18. The maximum Gasteiger partial charge on any atom is 0.0578 e. The number of halogens is 2. The highest BCUT2D eigenvalue weighted by Crippen LogP contribution is 2.30. The van der Waals surface area contributed by atoms with E-state index in [1.807, 2.05) is 6.92 Å². The van der Waals surface area contributed by atoms with Crippen molar-refractivity contribution < 1.29 is 4.74 Å². The summed E-state index contributed by atoms with van der Waals surface area (Å²) < 4.78 is 5.62. The fourth-order valence-electron chi connectivity index (χ4n) is 1.62. The molecule has 0 heterocycles. The highest BCUT2D eigenvalue weighted by molar-refractivity contribution is 9.09. The van der Waals surface area contributed by atoms with Crippen molar-refractivity contribution in [3.05, 3.63) is 35.4 Å². The van der Waals surface area contributed by atoms with Crippen LogP contribution in [0.25, 0.3) is 0 Å². The van der Waals surface area contributed by atoms with Gasteiger partial charge in [-0.25, -0.2) is 0 Å². The van der Waals surface area contributed by atoms with Gasteiger partial charge in [-0.3, -0.25) is 0 Å². The van der Waals surface area contributed by atoms with Gasteiger partial charge in [0.1, 0.15) is 0 Å². The molecule has 3 heteroatoms. The van der Waals surface area contributed by atoms with Crippen molar-refractivity contribution in [2.75, 3.05) is 23.9 Å². The Morgan fingerprint density at radius 1 is 1.25 bits per heavy atom. The van der Waals surface area contributed by atoms with Crippen LogP contribution in [-0.2, 0) is 10.2 Å². The monoisotopic (exact) mass is 348 g/mol. The molecule has 0 aliphatic rings. The molecule has 1 nitrogen and oxygen atoms in total. The first-order valence-corrected chi connectivity index (χ1v) is 7.69. The highest BCUT2D eigenvalue weighted by Gasteiger charge is 2.30. The van der Waals surface area contributed by atoms with Crippen LogP contribution in [0.3, 0.4) is 0 Å². The van der Waals surface area contributed by atoms with Crippen LogP contribution in [0.4, 0.5) is 0 Å². The number of rotatable bonds is 6. The highest BCUT2D eigenvalue weighted by atomic mass is 79.9. The summed E-state index contributed by atoms with van der Waals surface area (Å²) in [4.78, 5) is 0. The van der Waals surface area contributed by atoms with Crippen molar-refractivity contribution in [2.45, 2.75) is 19.3 Å². The van der Waals surface area contributed by atoms with Gasteiger partial charge in [0.15, 0.2) is 0 Å². The predicted molar refractivity (Wildman–Crippen MR) is 76.9 cm³/mol. The van der Waals surface area contributed by atoms with Crippen LogP contribution in [0.1, 0.15) is 18.1 Å². The SMILES string of the molecule is CCOCC(CBr)(CBr)c1cccc(C)c1. The largest absolute Gasteiger partial charge is 0.381 e. The van der Waals surface area contributed by atoms with Crippen LogP contribution in [0.5, 0.6) is 0 Å². The third-order valence-electron chi connectivity index (χ3n) is 2.72. The van der Waals surface area contributed by atoms with Gasteiger partial charge in [-0.2, -0.15) is 0 Å². The molecule has 0 atom stereocenters. The maximum atomic E-state index is 5.62. The van der Waals surface area contributed by atoms with E-state index in [0.29, 0.717) is 0 Å². The molecule has 0 amide bonds. The lowest BCUT2D eigenvalue weighted by molar-refractivity contribution is 0.109. The quantitative estimate of drug-likeness (QED) is 0.704. The van der Waals surface area contributed by atoms with E-state index >= 15 is 0 Å². The molecule has 0 aromatic heterocycles. The molecule has 0 aliphatic heterocycles. The van der Waals surface area contributed by atoms with Crippen molar-refractivity contribution >= 4 is 31.9 Å². The van der Waals surface area contributed by atoms with E-state index in [9.17, 15) is 0 Å². The fourth-order valence-corrected chi connectivity index (χ4v) is 3.52. The van der Waals surface area contributed by atoms with Gasteiger partial charge >= 0.3 is 0 Å². The van der Waals surface area contributed by atoms with Gasteiger partial charge in [-0.1, -0.05) is 61.7 Å². The predicted octanol–water partition coefficient (Wildman–Crippen LogP) is 4.06. The third-order valence-corrected chi connectivity index (χ3v) is 4.87. The summed E-state index contributed by atoms with van der Waals surface area (Å²) in [6.45, 7) is 5.65. The first-order chi connectivity index (χ1) is 7.68. The van der Waals surface area contributed by atoms with Crippen LogP contribution < -0.4 is 0 Å². The van der Waals surface area contributed by atoms with Crippen molar-refractivity contribution in [3.8, 4) is 0 Å². The summed E-state index contributed by atoms with van der Waals surface area (Å²) in [6, 6.07) is 8.64. The Balaban J connectivity index is 2.99. The second kappa shape index (κ2) is 6.77. The standard InChI is InChI=1S/C13H18Br2O/c1-3-16-10-13(8-14,9-15)12-6-4-5-11(2)7-12/h4-7H,3,8-10H2,1-2H3. The fraction of sp³-hybridized carbons (Fsp3) is 0.538. The summed E-state index contributed by atoms with van der Waals surface area (Å²) in [7, 11) is 0. The molecule has 0 radical (unpaired) electrons. The number of hydrogen-bond donors (Lipinski definition) is 0. The van der Waals surface area contributed by atoms with Gasteiger partial charge in [0.05, 0.1) is 6.61 Å². The minimum atomic E-state index is 0.0298. The lowest BCUT2D eigenvalue weighted by Crippen LogP contribution is -2.35. The Morgan fingerprint density at radius 3 is 2.44 bits per heavy atom. The molecule has 1 aromatic rings. The van der Waals surface area contributed by atoms with Gasteiger partial charge in [-0.05, 0) is 19.4 Å². The van der Waals surface area contributed by atoms with E-state index in [-0.39, 0.29) is 5.41 Å². The summed E-state index contributed by atoms with van der Waals surface area (Å²) in [5, 5.41) is 1.80. The minimum absolute atomic E-state index is 0.0298. The van der Waals surface area contributed by atoms with E-state index in [0.717, 1.165) is 23.9 Å². The van der Waals surface area contributed by atoms with Gasteiger partial charge < -0.3 is 4.74 Å². The Morgan fingerprint density at radius 2 is 1.94 bits per heavy atom. The molecule has 0 unspecified atom stereocenters. The molecule has 90 valence electrons. The molecule has 16 heavy (non-hydrogen) atoms. The zero-order valence-electron chi connectivity index (χ0n) is 9.80. The molecular formula is C13H18Br2O. The lowest BCUT2D eigenvalue weighted by atomic mass is 9.84. The maximum absolute atomic E-state index is 5.62. The van der Waals surface area contributed by atoms with Crippen molar-refractivity contribution in [3.63, 3.8) is 0 Å². The summed E-state index contributed by atoms with van der Waals surface area (Å²) in [5.74, 6) is 0. The normalized spacial score (nSPS) is 11.8. The number of hydrogen-bond acceptors (Lipinski definition) is 1. The molecule has 0 bridgehead atoms. The average Bonchev–Trinajstić information content (AvgIpc) is 2.31. The Hall–Kier alpha value is 0.140. The van der Waals surface area contributed by atoms with E-state index in [2.05, 4.69) is 63.0 Å². The van der Waals surface area contributed by atoms with Crippen LogP contribution in [0.15, 0.2) is 24.3 Å². The van der Waals surface area contributed by atoms with E-state index in [1.165, 1.54) is 11.1 Å². The molecule has 1 rings (SSSR count). The van der Waals surface area contributed by atoms with Crippen LogP contribution in [0, 0.1) is 6.92 Å². The van der Waals surface area contributed by atoms with Crippen LogP contribution in [0.2, 0.25) is 0 Å². The van der Waals surface area contributed by atoms with Crippen molar-refractivity contribution in [1.29, 1.82) is 0 Å². The Bertz CT molecular complexity index is 321. The molecule has 0 N–H and O–H groups in total. The number of alkyl halides is 2. The second-order valence-electron chi connectivity index (χ2n) is 4.05. The topological polar surface area (TPSA) is 9.23 Å². The van der Waals surface area contributed by atoms with Gasteiger partial charge in [-0.15, -0.1) is 0 Å². The molecule has 0 spiro atoms. The zero-order valence-corrected chi connectivity index (χ0v) is 13.0. The number of benzene rings is 1. The Labute approximate surface area is 115 Å². The van der Waals surface area contributed by atoms with E-state index < -0.39 is 0 Å².